The van der Waals surface area contributed by atoms with Gasteiger partial charge in [0.15, 0.2) is 0 Å². The number of nitrogens with two attached hydrogens (primary N) is 1. The molecule has 0 aliphatic carbocycles. The van der Waals surface area contributed by atoms with E-state index < -0.39 is 5.72 Å². The average Bonchev–Trinajstić information content (AvgIpc) is 2.15. The van der Waals surface area contributed by atoms with E-state index in [0.717, 1.165) is 0 Å². The topological polar surface area (TPSA) is 64.7 Å². The molecule has 0 saturated carbocycles. The zero-order valence-corrected chi connectivity index (χ0v) is 8.57. The predicted molar refractivity (Wildman–Crippen MR) is 53.3 cm³/mol. The smallest absolute Gasteiger partial charge is 0.137 e. The standard InChI is InChI=1S/C10H15NO3/c1-10(11,12)7-4-8(13-2)6-9(5-7)14-3/h4-6,12H,11H2,1-3H3. The van der Waals surface area contributed by atoms with Gasteiger partial charge < -0.3 is 20.3 Å². The Morgan fingerprint density at radius 2 is 1.57 bits per heavy atom. The molecule has 1 aromatic carbocycles. The summed E-state index contributed by atoms with van der Waals surface area (Å²) in [6.45, 7) is 1.50. The minimum Gasteiger partial charge on any atom is -0.497 e. The van der Waals surface area contributed by atoms with Gasteiger partial charge in [-0.1, -0.05) is 0 Å². The SMILES string of the molecule is COc1cc(OC)cc(C(C)(N)O)c1. The van der Waals surface area contributed by atoms with Crippen LogP contribution in [0.1, 0.15) is 12.5 Å². The summed E-state index contributed by atoms with van der Waals surface area (Å²) in [5.74, 6) is 1.20. The van der Waals surface area contributed by atoms with E-state index in [9.17, 15) is 5.11 Å². The molecule has 4 heteroatoms. The van der Waals surface area contributed by atoms with Crippen molar-refractivity contribution in [2.24, 2.45) is 5.73 Å². The largest absolute Gasteiger partial charge is 0.497 e. The molecular formula is C10H15NO3. The van der Waals surface area contributed by atoms with E-state index in [-0.39, 0.29) is 0 Å². The molecule has 4 nitrogen and oxygen atoms in total. The molecule has 78 valence electrons. The van der Waals surface area contributed by atoms with Crippen LogP contribution < -0.4 is 15.2 Å². The van der Waals surface area contributed by atoms with Gasteiger partial charge in [-0.05, 0) is 19.1 Å². The fourth-order valence-electron chi connectivity index (χ4n) is 1.10. The highest BCUT2D eigenvalue weighted by Crippen LogP contribution is 2.26. The van der Waals surface area contributed by atoms with Gasteiger partial charge in [0.05, 0.1) is 14.2 Å². The second kappa shape index (κ2) is 3.86. The van der Waals surface area contributed by atoms with Crippen molar-refractivity contribution in [2.45, 2.75) is 12.6 Å². The van der Waals surface area contributed by atoms with Crippen molar-refractivity contribution in [2.75, 3.05) is 14.2 Å². The Hall–Kier alpha value is -1.26. The van der Waals surface area contributed by atoms with Crippen LogP contribution in [-0.2, 0) is 5.72 Å². The first-order chi connectivity index (χ1) is 6.47. The maximum absolute atomic E-state index is 9.60. The fourth-order valence-corrected chi connectivity index (χ4v) is 1.10. The minimum absolute atomic E-state index is 0.550. The summed E-state index contributed by atoms with van der Waals surface area (Å²) < 4.78 is 10.1. The Bertz CT molecular complexity index is 295. The maximum atomic E-state index is 9.60. The van der Waals surface area contributed by atoms with Gasteiger partial charge >= 0.3 is 0 Å². The van der Waals surface area contributed by atoms with Gasteiger partial charge in [0.25, 0.3) is 0 Å². The lowest BCUT2D eigenvalue weighted by Gasteiger charge is -2.19. The van der Waals surface area contributed by atoms with Crippen LogP contribution in [0.3, 0.4) is 0 Å². The summed E-state index contributed by atoms with van der Waals surface area (Å²) in [4.78, 5) is 0. The molecule has 0 heterocycles. The van der Waals surface area contributed by atoms with Gasteiger partial charge in [-0.3, -0.25) is 0 Å². The van der Waals surface area contributed by atoms with E-state index in [4.69, 9.17) is 15.2 Å². The number of hydrogen-bond acceptors (Lipinski definition) is 4. The zero-order valence-electron chi connectivity index (χ0n) is 8.57. The van der Waals surface area contributed by atoms with Gasteiger partial charge in [0, 0.05) is 11.6 Å². The molecule has 1 aromatic rings. The summed E-state index contributed by atoms with van der Waals surface area (Å²) in [5.41, 5.74) is 4.71. The van der Waals surface area contributed by atoms with Gasteiger partial charge in [-0.2, -0.15) is 0 Å². The molecule has 0 amide bonds. The highest BCUT2D eigenvalue weighted by molar-refractivity contribution is 5.40. The summed E-state index contributed by atoms with van der Waals surface area (Å²) >= 11 is 0. The van der Waals surface area contributed by atoms with Crippen LogP contribution in [0.4, 0.5) is 0 Å². The van der Waals surface area contributed by atoms with Crippen LogP contribution in [0, 0.1) is 0 Å². The average molecular weight is 197 g/mol. The van der Waals surface area contributed by atoms with E-state index >= 15 is 0 Å². The highest BCUT2D eigenvalue weighted by atomic mass is 16.5. The number of rotatable bonds is 3. The zero-order chi connectivity index (χ0) is 10.8. The molecule has 0 radical (unpaired) electrons. The molecule has 0 aliphatic rings. The number of hydrogen-bond donors (Lipinski definition) is 2. The van der Waals surface area contributed by atoms with Crippen LogP contribution in [-0.4, -0.2) is 19.3 Å². The van der Waals surface area contributed by atoms with E-state index in [2.05, 4.69) is 0 Å². The lowest BCUT2D eigenvalue weighted by molar-refractivity contribution is 0.0642. The third-order valence-corrected chi connectivity index (χ3v) is 1.94. The van der Waals surface area contributed by atoms with Crippen LogP contribution in [0.5, 0.6) is 11.5 Å². The molecule has 1 atom stereocenters. The molecule has 14 heavy (non-hydrogen) atoms. The first-order valence-electron chi connectivity index (χ1n) is 4.22. The Labute approximate surface area is 83.3 Å². The first-order valence-corrected chi connectivity index (χ1v) is 4.22. The van der Waals surface area contributed by atoms with Gasteiger partial charge in [-0.15, -0.1) is 0 Å². The monoisotopic (exact) mass is 197 g/mol. The van der Waals surface area contributed by atoms with Crippen molar-refractivity contribution >= 4 is 0 Å². The Morgan fingerprint density at radius 1 is 1.14 bits per heavy atom. The van der Waals surface area contributed by atoms with E-state index in [1.54, 1.807) is 32.4 Å². The molecule has 1 unspecified atom stereocenters. The normalized spacial score (nSPS) is 14.6. The molecule has 0 aliphatic heterocycles. The molecule has 0 aromatic heterocycles. The third kappa shape index (κ3) is 2.37. The van der Waals surface area contributed by atoms with Gasteiger partial charge in [0.2, 0.25) is 0 Å². The maximum Gasteiger partial charge on any atom is 0.137 e. The highest BCUT2D eigenvalue weighted by Gasteiger charge is 2.18. The van der Waals surface area contributed by atoms with Crippen LogP contribution in [0.15, 0.2) is 18.2 Å². The summed E-state index contributed by atoms with van der Waals surface area (Å²) in [7, 11) is 3.09. The Balaban J connectivity index is 3.17. The van der Waals surface area contributed by atoms with Crippen molar-refractivity contribution < 1.29 is 14.6 Å². The Kier molecular flexibility index (Phi) is 2.98. The molecule has 0 bridgehead atoms. The number of methoxy groups -OCH3 is 2. The molecular weight excluding hydrogens is 182 g/mol. The molecule has 0 saturated heterocycles. The van der Waals surface area contributed by atoms with Crippen molar-refractivity contribution in [3.05, 3.63) is 23.8 Å². The fraction of sp³-hybridized carbons (Fsp3) is 0.400. The summed E-state index contributed by atoms with van der Waals surface area (Å²) in [6.07, 6.45) is 0. The minimum atomic E-state index is -1.39. The lowest BCUT2D eigenvalue weighted by Crippen LogP contribution is -2.32. The molecule has 0 fully saturated rings. The van der Waals surface area contributed by atoms with E-state index in [1.807, 2.05) is 0 Å². The molecule has 1 rings (SSSR count). The Morgan fingerprint density at radius 3 is 1.86 bits per heavy atom. The summed E-state index contributed by atoms with van der Waals surface area (Å²) in [5, 5.41) is 9.60. The van der Waals surface area contributed by atoms with E-state index in [1.165, 1.54) is 6.92 Å². The van der Waals surface area contributed by atoms with Gasteiger partial charge in [0.1, 0.15) is 17.2 Å². The van der Waals surface area contributed by atoms with Crippen molar-refractivity contribution in [3.63, 3.8) is 0 Å². The van der Waals surface area contributed by atoms with E-state index in [0.29, 0.717) is 17.1 Å². The van der Waals surface area contributed by atoms with Crippen molar-refractivity contribution in [1.29, 1.82) is 0 Å². The third-order valence-electron chi connectivity index (χ3n) is 1.94. The number of ether oxygens (including phenoxy) is 2. The second-order valence-corrected chi connectivity index (χ2v) is 3.25. The second-order valence-electron chi connectivity index (χ2n) is 3.25. The quantitative estimate of drug-likeness (QED) is 0.704. The van der Waals surface area contributed by atoms with Crippen molar-refractivity contribution in [1.82, 2.24) is 0 Å². The van der Waals surface area contributed by atoms with Gasteiger partial charge in [-0.25, -0.2) is 0 Å². The number of aliphatic hydroxyl groups is 1. The van der Waals surface area contributed by atoms with Crippen LogP contribution >= 0.6 is 0 Å². The summed E-state index contributed by atoms with van der Waals surface area (Å²) in [6, 6.07) is 5.06. The first kappa shape index (κ1) is 10.8. The predicted octanol–water partition coefficient (Wildman–Crippen LogP) is 0.827. The molecule has 0 spiro atoms. The number of benzene rings is 1. The van der Waals surface area contributed by atoms with Crippen LogP contribution in [0.2, 0.25) is 0 Å². The van der Waals surface area contributed by atoms with Crippen molar-refractivity contribution in [3.8, 4) is 11.5 Å². The van der Waals surface area contributed by atoms with Crippen LogP contribution in [0.25, 0.3) is 0 Å². The lowest BCUT2D eigenvalue weighted by atomic mass is 10.1. The molecule has 3 N–H and O–H groups in total.